The molecule has 0 radical (unpaired) electrons. The smallest absolute Gasteiger partial charge is 0.287 e. The Balaban J connectivity index is 1.88. The quantitative estimate of drug-likeness (QED) is 0.392. The second-order valence-electron chi connectivity index (χ2n) is 5.12. The van der Waals surface area contributed by atoms with E-state index in [1.54, 1.807) is 18.5 Å². The number of hydrazone groups is 1. The molecule has 0 aliphatic heterocycles. The molecule has 0 saturated heterocycles. The van der Waals surface area contributed by atoms with Crippen LogP contribution in [0.4, 0.5) is 0 Å². The van der Waals surface area contributed by atoms with Crippen molar-refractivity contribution in [2.45, 2.75) is 0 Å². The maximum absolute atomic E-state index is 12.0. The Morgan fingerprint density at radius 1 is 1.36 bits per heavy atom. The van der Waals surface area contributed by atoms with Gasteiger partial charge >= 0.3 is 0 Å². The maximum atomic E-state index is 12.0. The lowest BCUT2D eigenvalue weighted by atomic mass is 10.0. The number of carbonyl (C=O) groups is 1. The van der Waals surface area contributed by atoms with Gasteiger partial charge in [0.1, 0.15) is 18.1 Å². The third kappa shape index (κ3) is 3.90. The van der Waals surface area contributed by atoms with E-state index < -0.39 is 0 Å². The summed E-state index contributed by atoms with van der Waals surface area (Å²) in [5.74, 6) is 2.71. The van der Waals surface area contributed by atoms with Crippen LogP contribution in [0.1, 0.15) is 16.1 Å². The topological polar surface area (TPSA) is 66.5 Å². The Hall–Kier alpha value is -3.04. The molecule has 0 atom stereocenters. The van der Waals surface area contributed by atoms with Crippen LogP contribution >= 0.6 is 15.9 Å². The van der Waals surface area contributed by atoms with Gasteiger partial charge in [-0.05, 0) is 38.8 Å². The van der Waals surface area contributed by atoms with Crippen molar-refractivity contribution in [2.75, 3.05) is 6.61 Å². The number of H-pyrrole nitrogens is 1. The number of terminal acetylenes is 1. The highest BCUT2D eigenvalue weighted by molar-refractivity contribution is 9.10. The zero-order valence-corrected chi connectivity index (χ0v) is 14.7. The molecular weight excluding hydrogens is 382 g/mol. The monoisotopic (exact) mass is 395 g/mol. The van der Waals surface area contributed by atoms with E-state index in [1.165, 1.54) is 0 Å². The summed E-state index contributed by atoms with van der Waals surface area (Å²) in [5.41, 5.74) is 3.65. The van der Waals surface area contributed by atoms with Crippen molar-refractivity contribution >= 4 is 38.8 Å². The third-order valence-electron chi connectivity index (χ3n) is 3.49. The minimum atomic E-state index is -0.340. The first-order chi connectivity index (χ1) is 12.2. The van der Waals surface area contributed by atoms with Crippen molar-refractivity contribution < 1.29 is 9.53 Å². The van der Waals surface area contributed by atoms with Crippen LogP contribution in [0, 0.1) is 12.3 Å². The summed E-state index contributed by atoms with van der Waals surface area (Å²) in [6, 6.07) is 13.3. The van der Waals surface area contributed by atoms with Crippen LogP contribution in [0.3, 0.4) is 0 Å². The van der Waals surface area contributed by atoms with Gasteiger partial charge in [-0.3, -0.25) is 4.79 Å². The summed E-state index contributed by atoms with van der Waals surface area (Å²) in [6.45, 7) is 0.155. The molecule has 0 spiro atoms. The highest BCUT2D eigenvalue weighted by atomic mass is 79.9. The van der Waals surface area contributed by atoms with E-state index in [-0.39, 0.29) is 12.5 Å². The molecule has 1 amide bonds. The number of amides is 1. The second-order valence-corrected chi connectivity index (χ2v) is 6.04. The number of rotatable bonds is 5. The van der Waals surface area contributed by atoms with Gasteiger partial charge in [-0.25, -0.2) is 5.43 Å². The van der Waals surface area contributed by atoms with E-state index in [0.717, 1.165) is 20.8 Å². The summed E-state index contributed by atoms with van der Waals surface area (Å²) >= 11 is 3.28. The van der Waals surface area contributed by atoms with Crippen LogP contribution in [0.15, 0.2) is 58.2 Å². The van der Waals surface area contributed by atoms with E-state index in [9.17, 15) is 4.79 Å². The van der Waals surface area contributed by atoms with Crippen molar-refractivity contribution in [2.24, 2.45) is 5.10 Å². The molecule has 0 aliphatic rings. The number of halogens is 1. The lowest BCUT2D eigenvalue weighted by Crippen LogP contribution is -2.18. The average Bonchev–Trinajstić information content (AvgIpc) is 3.07. The molecule has 3 rings (SSSR count). The zero-order valence-electron chi connectivity index (χ0n) is 13.1. The molecule has 5 nitrogen and oxygen atoms in total. The molecule has 1 aromatic heterocycles. The fraction of sp³-hybridized carbons (Fsp3) is 0.0526. The van der Waals surface area contributed by atoms with Crippen molar-refractivity contribution in [3.05, 3.63) is 64.4 Å². The lowest BCUT2D eigenvalue weighted by Gasteiger charge is -2.09. The molecule has 25 heavy (non-hydrogen) atoms. The Kier molecular flexibility index (Phi) is 5.17. The number of benzene rings is 2. The number of aromatic nitrogens is 1. The number of ether oxygens (including phenoxy) is 1. The normalized spacial score (nSPS) is 10.7. The third-order valence-corrected chi connectivity index (χ3v) is 3.95. The van der Waals surface area contributed by atoms with Gasteiger partial charge in [-0.1, -0.05) is 36.3 Å². The van der Waals surface area contributed by atoms with Gasteiger partial charge in [0.2, 0.25) is 0 Å². The fourth-order valence-corrected chi connectivity index (χ4v) is 2.71. The van der Waals surface area contributed by atoms with Crippen molar-refractivity contribution in [3.8, 4) is 18.1 Å². The average molecular weight is 396 g/mol. The number of aromatic amines is 1. The van der Waals surface area contributed by atoms with E-state index in [2.05, 4.69) is 37.4 Å². The predicted molar refractivity (Wildman–Crippen MR) is 102 cm³/mol. The summed E-state index contributed by atoms with van der Waals surface area (Å²) in [4.78, 5) is 14.9. The first-order valence-corrected chi connectivity index (χ1v) is 8.23. The van der Waals surface area contributed by atoms with Gasteiger partial charge in [0.05, 0.1) is 6.21 Å². The molecule has 0 saturated carbocycles. The molecule has 1 heterocycles. The highest BCUT2D eigenvalue weighted by Crippen LogP contribution is 2.26. The van der Waals surface area contributed by atoms with Crippen LogP contribution in [-0.2, 0) is 0 Å². The molecule has 6 heteroatoms. The van der Waals surface area contributed by atoms with Gasteiger partial charge in [0, 0.05) is 16.2 Å². The van der Waals surface area contributed by atoms with Crippen LogP contribution in [-0.4, -0.2) is 23.7 Å². The number of nitrogens with zero attached hydrogens (tertiary/aromatic N) is 1. The first kappa shape index (κ1) is 16.8. The van der Waals surface area contributed by atoms with Crippen LogP contribution in [0.5, 0.6) is 5.75 Å². The van der Waals surface area contributed by atoms with Crippen LogP contribution < -0.4 is 10.2 Å². The largest absolute Gasteiger partial charge is 0.480 e. The van der Waals surface area contributed by atoms with E-state index in [4.69, 9.17) is 11.2 Å². The Bertz CT molecular complexity index is 986. The molecule has 0 bridgehead atoms. The van der Waals surface area contributed by atoms with Gasteiger partial charge < -0.3 is 9.72 Å². The number of fused-ring (bicyclic) bond motifs is 1. The zero-order chi connectivity index (χ0) is 17.6. The minimum Gasteiger partial charge on any atom is -0.480 e. The molecule has 2 N–H and O–H groups in total. The van der Waals surface area contributed by atoms with Crippen LogP contribution in [0.2, 0.25) is 0 Å². The van der Waals surface area contributed by atoms with Gasteiger partial charge in [0.15, 0.2) is 0 Å². The first-order valence-electron chi connectivity index (χ1n) is 7.44. The fourth-order valence-electron chi connectivity index (χ4n) is 2.37. The minimum absolute atomic E-state index is 0.155. The van der Waals surface area contributed by atoms with E-state index >= 15 is 0 Å². The number of hydrogen-bond donors (Lipinski definition) is 2. The van der Waals surface area contributed by atoms with E-state index in [1.807, 2.05) is 36.4 Å². The standard InChI is InChI=1S/C19H14BrN3O2/c1-2-9-25-18-8-7-13-5-3-4-6-15(13)16(18)12-22-23-19(24)17-10-14(20)11-21-17/h1,3-8,10-12,21H,9H2,(H,23,24)/b22-12-. The lowest BCUT2D eigenvalue weighted by molar-refractivity contribution is 0.0950. The molecule has 0 unspecified atom stereocenters. The van der Waals surface area contributed by atoms with Gasteiger partial charge in [-0.2, -0.15) is 5.10 Å². The van der Waals surface area contributed by atoms with Crippen LogP contribution in [0.25, 0.3) is 10.8 Å². The second kappa shape index (κ2) is 7.69. The summed E-state index contributed by atoms with van der Waals surface area (Å²) in [5, 5.41) is 6.05. The molecule has 0 fully saturated rings. The molecule has 2 aromatic carbocycles. The molecule has 124 valence electrons. The van der Waals surface area contributed by atoms with Gasteiger partial charge in [0.25, 0.3) is 5.91 Å². The van der Waals surface area contributed by atoms with Crippen molar-refractivity contribution in [1.82, 2.24) is 10.4 Å². The summed E-state index contributed by atoms with van der Waals surface area (Å²) < 4.78 is 6.38. The Morgan fingerprint density at radius 3 is 2.96 bits per heavy atom. The molecular formula is C19H14BrN3O2. The Morgan fingerprint density at radius 2 is 2.20 bits per heavy atom. The van der Waals surface area contributed by atoms with E-state index in [0.29, 0.717) is 11.4 Å². The number of nitrogens with one attached hydrogen (secondary N) is 2. The number of carbonyl (C=O) groups excluding carboxylic acids is 1. The Labute approximate surface area is 153 Å². The highest BCUT2D eigenvalue weighted by Gasteiger charge is 2.09. The van der Waals surface area contributed by atoms with Crippen molar-refractivity contribution in [3.63, 3.8) is 0 Å². The molecule has 3 aromatic rings. The summed E-state index contributed by atoms with van der Waals surface area (Å²) in [7, 11) is 0. The molecule has 0 aliphatic carbocycles. The predicted octanol–water partition coefficient (Wildman–Crippen LogP) is 3.71. The SMILES string of the molecule is C#CCOc1ccc2ccccc2c1/C=N\NC(=O)c1cc(Br)c[nH]1. The summed E-state index contributed by atoms with van der Waals surface area (Å²) in [6.07, 6.45) is 8.51. The van der Waals surface area contributed by atoms with Crippen molar-refractivity contribution in [1.29, 1.82) is 0 Å². The maximum Gasteiger partial charge on any atom is 0.287 e. The number of hydrogen-bond acceptors (Lipinski definition) is 3. The van der Waals surface area contributed by atoms with Gasteiger partial charge in [-0.15, -0.1) is 6.42 Å².